The molecule has 1 amide bonds. The monoisotopic (exact) mass is 346 g/mol. The minimum absolute atomic E-state index is 0.256. The maximum absolute atomic E-state index is 13.2. The Kier molecular flexibility index (Phi) is 6.21. The molecule has 134 valence electrons. The molecule has 2 rings (SSSR count). The van der Waals surface area contributed by atoms with Crippen LogP contribution in [0.5, 0.6) is 0 Å². The molecule has 1 aromatic carbocycles. The van der Waals surface area contributed by atoms with Gasteiger partial charge in [0.25, 0.3) is 0 Å². The van der Waals surface area contributed by atoms with Crippen molar-refractivity contribution in [2.24, 2.45) is 0 Å². The molecule has 7 heteroatoms. The van der Waals surface area contributed by atoms with Crippen molar-refractivity contribution in [2.75, 3.05) is 13.6 Å². The molecule has 0 radical (unpaired) electrons. The van der Waals surface area contributed by atoms with Crippen LogP contribution in [0.25, 0.3) is 0 Å². The number of amides is 1. The number of carbonyl (C=O) groups is 1. The standard InChI is InChI=1S/C17H22F4N2O/c1-23-9-3-2-4-14(23)6-8-16(24)22-11-12-10-13(18)5-7-15(12)17(19,20)21/h5,7,10,14H,2-4,6,8-9,11H2,1H3,(H,22,24)/t14-/m0/s1. The number of piperidine rings is 1. The van der Waals surface area contributed by atoms with E-state index in [0.29, 0.717) is 18.5 Å². The van der Waals surface area contributed by atoms with Gasteiger partial charge in [0.05, 0.1) is 5.56 Å². The number of alkyl halides is 3. The van der Waals surface area contributed by atoms with Crippen LogP contribution < -0.4 is 5.32 Å². The lowest BCUT2D eigenvalue weighted by Crippen LogP contribution is -2.37. The van der Waals surface area contributed by atoms with Gasteiger partial charge < -0.3 is 10.2 Å². The SMILES string of the molecule is CN1CCCC[C@H]1CCC(=O)NCc1cc(F)ccc1C(F)(F)F. The molecule has 1 aromatic rings. The summed E-state index contributed by atoms with van der Waals surface area (Å²) < 4.78 is 51.9. The van der Waals surface area contributed by atoms with E-state index in [1.165, 1.54) is 0 Å². The maximum Gasteiger partial charge on any atom is 0.416 e. The number of benzene rings is 1. The van der Waals surface area contributed by atoms with Gasteiger partial charge in [-0.2, -0.15) is 13.2 Å². The van der Waals surface area contributed by atoms with E-state index < -0.39 is 17.6 Å². The molecule has 1 saturated heterocycles. The summed E-state index contributed by atoms with van der Waals surface area (Å²) in [5.41, 5.74) is -1.18. The number of rotatable bonds is 5. The summed E-state index contributed by atoms with van der Waals surface area (Å²) in [4.78, 5) is 14.1. The number of nitrogens with one attached hydrogen (secondary N) is 1. The second-order valence-corrected chi connectivity index (χ2v) is 6.24. The van der Waals surface area contributed by atoms with Crippen LogP contribution in [-0.4, -0.2) is 30.4 Å². The molecule has 0 saturated carbocycles. The minimum Gasteiger partial charge on any atom is -0.352 e. The van der Waals surface area contributed by atoms with Crippen LogP contribution in [0.1, 0.15) is 43.2 Å². The average molecular weight is 346 g/mol. The van der Waals surface area contributed by atoms with E-state index in [9.17, 15) is 22.4 Å². The lowest BCUT2D eigenvalue weighted by Gasteiger charge is -2.32. The normalized spacial score (nSPS) is 19.3. The maximum atomic E-state index is 13.2. The van der Waals surface area contributed by atoms with Gasteiger partial charge in [-0.3, -0.25) is 4.79 Å². The average Bonchev–Trinajstić information content (AvgIpc) is 2.51. The summed E-state index contributed by atoms with van der Waals surface area (Å²) >= 11 is 0. The second-order valence-electron chi connectivity index (χ2n) is 6.24. The van der Waals surface area contributed by atoms with Crippen molar-refractivity contribution < 1.29 is 22.4 Å². The van der Waals surface area contributed by atoms with Crippen molar-refractivity contribution in [1.82, 2.24) is 10.2 Å². The Hall–Kier alpha value is -1.63. The molecule has 1 atom stereocenters. The van der Waals surface area contributed by atoms with Gasteiger partial charge in [0, 0.05) is 19.0 Å². The number of hydrogen-bond donors (Lipinski definition) is 1. The number of halogens is 4. The number of likely N-dealkylation sites (tertiary alicyclic amines) is 1. The molecule has 1 heterocycles. The van der Waals surface area contributed by atoms with Crippen molar-refractivity contribution >= 4 is 5.91 Å². The van der Waals surface area contributed by atoms with E-state index in [0.717, 1.165) is 37.9 Å². The molecular weight excluding hydrogens is 324 g/mol. The summed E-state index contributed by atoms with van der Waals surface area (Å²) in [5, 5.41) is 2.47. The number of hydrogen-bond acceptors (Lipinski definition) is 2. The van der Waals surface area contributed by atoms with Gasteiger partial charge >= 0.3 is 6.18 Å². The van der Waals surface area contributed by atoms with Crippen molar-refractivity contribution in [1.29, 1.82) is 0 Å². The van der Waals surface area contributed by atoms with Gasteiger partial charge in [0.2, 0.25) is 5.91 Å². The fourth-order valence-electron chi connectivity index (χ4n) is 3.07. The summed E-state index contributed by atoms with van der Waals surface area (Å²) in [6.07, 6.45) is -0.318. The third-order valence-corrected chi connectivity index (χ3v) is 4.47. The number of carbonyl (C=O) groups excluding carboxylic acids is 1. The Balaban J connectivity index is 1.88. The molecule has 0 spiro atoms. The first-order valence-electron chi connectivity index (χ1n) is 8.10. The molecule has 0 unspecified atom stereocenters. The van der Waals surface area contributed by atoms with Crippen LogP contribution in [0.15, 0.2) is 18.2 Å². The van der Waals surface area contributed by atoms with Gasteiger partial charge in [-0.15, -0.1) is 0 Å². The first-order chi connectivity index (χ1) is 11.3. The molecule has 0 aromatic heterocycles. The van der Waals surface area contributed by atoms with Gasteiger partial charge in [0.15, 0.2) is 0 Å². The molecule has 24 heavy (non-hydrogen) atoms. The highest BCUT2D eigenvalue weighted by Crippen LogP contribution is 2.32. The molecule has 1 N–H and O–H groups in total. The van der Waals surface area contributed by atoms with Crippen molar-refractivity contribution in [3.8, 4) is 0 Å². The highest BCUT2D eigenvalue weighted by molar-refractivity contribution is 5.75. The first kappa shape index (κ1) is 18.7. The largest absolute Gasteiger partial charge is 0.416 e. The van der Waals surface area contributed by atoms with Gasteiger partial charge in [0.1, 0.15) is 5.82 Å². The zero-order valence-corrected chi connectivity index (χ0v) is 13.6. The number of nitrogens with zero attached hydrogens (tertiary/aromatic N) is 1. The highest BCUT2D eigenvalue weighted by atomic mass is 19.4. The van der Waals surface area contributed by atoms with Crippen molar-refractivity contribution in [3.63, 3.8) is 0 Å². The topological polar surface area (TPSA) is 32.3 Å². The Morgan fingerprint density at radius 2 is 2.08 bits per heavy atom. The molecule has 3 nitrogen and oxygen atoms in total. The van der Waals surface area contributed by atoms with Gasteiger partial charge in [-0.1, -0.05) is 6.42 Å². The molecular formula is C17H22F4N2O. The molecule has 0 aliphatic carbocycles. The summed E-state index contributed by atoms with van der Waals surface area (Å²) in [5.74, 6) is -1.07. The Morgan fingerprint density at radius 1 is 1.33 bits per heavy atom. The second kappa shape index (κ2) is 7.96. The van der Waals surface area contributed by atoms with Crippen LogP contribution in [0.4, 0.5) is 17.6 Å². The quantitative estimate of drug-likeness (QED) is 0.824. The van der Waals surface area contributed by atoms with Crippen LogP contribution in [0.2, 0.25) is 0 Å². The predicted octanol–water partition coefficient (Wildman–Crippen LogP) is 3.73. The Labute approximate surface area is 139 Å². The van der Waals surface area contributed by atoms with E-state index >= 15 is 0 Å². The Bertz CT molecular complexity index is 574. The lowest BCUT2D eigenvalue weighted by atomic mass is 9.98. The lowest BCUT2D eigenvalue weighted by molar-refractivity contribution is -0.138. The fourth-order valence-corrected chi connectivity index (χ4v) is 3.07. The molecule has 1 fully saturated rings. The molecule has 0 bridgehead atoms. The third-order valence-electron chi connectivity index (χ3n) is 4.47. The summed E-state index contributed by atoms with van der Waals surface area (Å²) in [7, 11) is 2.02. The molecule has 1 aliphatic heterocycles. The predicted molar refractivity (Wildman–Crippen MR) is 82.8 cm³/mol. The van der Waals surface area contributed by atoms with Crippen LogP contribution in [-0.2, 0) is 17.5 Å². The zero-order chi connectivity index (χ0) is 17.7. The smallest absolute Gasteiger partial charge is 0.352 e. The fraction of sp³-hybridized carbons (Fsp3) is 0.588. The van der Waals surface area contributed by atoms with E-state index in [2.05, 4.69) is 10.2 Å². The van der Waals surface area contributed by atoms with Gasteiger partial charge in [-0.25, -0.2) is 4.39 Å². The van der Waals surface area contributed by atoms with Crippen molar-refractivity contribution in [2.45, 2.75) is 50.9 Å². The van der Waals surface area contributed by atoms with E-state index in [-0.39, 0.29) is 24.4 Å². The first-order valence-corrected chi connectivity index (χ1v) is 8.10. The van der Waals surface area contributed by atoms with E-state index in [4.69, 9.17) is 0 Å². The van der Waals surface area contributed by atoms with Crippen LogP contribution >= 0.6 is 0 Å². The van der Waals surface area contributed by atoms with Crippen LogP contribution in [0, 0.1) is 5.82 Å². The highest BCUT2D eigenvalue weighted by Gasteiger charge is 2.33. The summed E-state index contributed by atoms with van der Waals surface area (Å²) in [6.45, 7) is 0.677. The zero-order valence-electron chi connectivity index (χ0n) is 13.6. The van der Waals surface area contributed by atoms with E-state index in [1.54, 1.807) is 0 Å². The van der Waals surface area contributed by atoms with Crippen LogP contribution in [0.3, 0.4) is 0 Å². The summed E-state index contributed by atoms with van der Waals surface area (Å²) in [6, 6.07) is 2.63. The van der Waals surface area contributed by atoms with Gasteiger partial charge in [-0.05, 0) is 56.6 Å². The Morgan fingerprint density at radius 3 is 2.75 bits per heavy atom. The minimum atomic E-state index is -4.57. The van der Waals surface area contributed by atoms with E-state index in [1.807, 2.05) is 7.05 Å². The van der Waals surface area contributed by atoms with Crippen molar-refractivity contribution in [3.05, 3.63) is 35.1 Å². The molecule has 1 aliphatic rings. The third kappa shape index (κ3) is 5.19.